The maximum absolute atomic E-state index is 5.98. The summed E-state index contributed by atoms with van der Waals surface area (Å²) in [6.45, 7) is 3.91. The van der Waals surface area contributed by atoms with Crippen LogP contribution in [0, 0.1) is 13.8 Å². The highest BCUT2D eigenvalue weighted by molar-refractivity contribution is 6.30. The summed E-state index contributed by atoms with van der Waals surface area (Å²) in [6.07, 6.45) is 0. The maximum atomic E-state index is 5.98. The zero-order valence-electron chi connectivity index (χ0n) is 10.3. The first-order chi connectivity index (χ1) is 8.47. The molecule has 2 aromatic rings. The van der Waals surface area contributed by atoms with Crippen LogP contribution in [-0.4, -0.2) is 0 Å². The van der Waals surface area contributed by atoms with Crippen molar-refractivity contribution in [1.29, 1.82) is 0 Å². The molecule has 18 heavy (non-hydrogen) atoms. The maximum Gasteiger partial charge on any atom is 0.133 e. The second-order valence-electron chi connectivity index (χ2n) is 4.26. The van der Waals surface area contributed by atoms with E-state index < -0.39 is 0 Å². The minimum atomic E-state index is 0.511. The van der Waals surface area contributed by atoms with Crippen LogP contribution in [0.2, 0.25) is 5.02 Å². The Morgan fingerprint density at radius 2 is 1.56 bits per heavy atom. The normalized spacial score (nSPS) is 10.4. The van der Waals surface area contributed by atoms with Crippen molar-refractivity contribution >= 4 is 23.0 Å². The van der Waals surface area contributed by atoms with Crippen LogP contribution in [0.4, 0.5) is 11.4 Å². The summed E-state index contributed by atoms with van der Waals surface area (Å²) in [5.74, 6) is 1.46. The summed E-state index contributed by atoms with van der Waals surface area (Å²) in [7, 11) is 0. The molecule has 3 nitrogen and oxygen atoms in total. The molecule has 0 fully saturated rings. The third kappa shape index (κ3) is 2.51. The van der Waals surface area contributed by atoms with Crippen molar-refractivity contribution < 1.29 is 4.74 Å². The van der Waals surface area contributed by atoms with Gasteiger partial charge in [0.15, 0.2) is 0 Å². The Morgan fingerprint density at radius 3 is 2.11 bits per heavy atom. The van der Waals surface area contributed by atoms with E-state index in [1.807, 2.05) is 26.0 Å². The Bertz CT molecular complexity index is 573. The van der Waals surface area contributed by atoms with Gasteiger partial charge in [-0.1, -0.05) is 11.6 Å². The van der Waals surface area contributed by atoms with Gasteiger partial charge >= 0.3 is 0 Å². The first-order valence-electron chi connectivity index (χ1n) is 5.57. The number of benzene rings is 2. The molecule has 4 heteroatoms. The molecular weight excluding hydrogens is 248 g/mol. The number of rotatable bonds is 2. The van der Waals surface area contributed by atoms with Gasteiger partial charge in [-0.05, 0) is 49.2 Å². The minimum Gasteiger partial charge on any atom is -0.457 e. The summed E-state index contributed by atoms with van der Waals surface area (Å²) >= 11 is 5.98. The number of aryl methyl sites for hydroxylation is 2. The lowest BCUT2D eigenvalue weighted by molar-refractivity contribution is 0.475. The van der Waals surface area contributed by atoms with Gasteiger partial charge < -0.3 is 16.2 Å². The number of halogens is 1. The van der Waals surface area contributed by atoms with E-state index in [2.05, 4.69) is 0 Å². The number of nitrogens with two attached hydrogens (primary N) is 2. The molecule has 0 amide bonds. The van der Waals surface area contributed by atoms with E-state index in [0.29, 0.717) is 22.1 Å². The molecule has 0 heterocycles. The molecule has 0 unspecified atom stereocenters. The van der Waals surface area contributed by atoms with E-state index in [4.69, 9.17) is 27.8 Å². The van der Waals surface area contributed by atoms with Crippen molar-refractivity contribution in [2.24, 2.45) is 0 Å². The van der Waals surface area contributed by atoms with Crippen LogP contribution < -0.4 is 16.2 Å². The van der Waals surface area contributed by atoms with Gasteiger partial charge in [-0.2, -0.15) is 0 Å². The van der Waals surface area contributed by atoms with E-state index in [-0.39, 0.29) is 0 Å². The van der Waals surface area contributed by atoms with E-state index in [0.717, 1.165) is 16.9 Å². The van der Waals surface area contributed by atoms with Crippen molar-refractivity contribution in [3.05, 3.63) is 46.5 Å². The molecular formula is C14H15ClN2O. The fraction of sp³-hybridized carbons (Fsp3) is 0.143. The van der Waals surface area contributed by atoms with Crippen LogP contribution in [0.3, 0.4) is 0 Å². The molecule has 4 N–H and O–H groups in total. The minimum absolute atomic E-state index is 0.511. The molecule has 0 aromatic heterocycles. The highest BCUT2D eigenvalue weighted by Gasteiger charge is 2.08. The van der Waals surface area contributed by atoms with Gasteiger partial charge in [-0.3, -0.25) is 0 Å². The van der Waals surface area contributed by atoms with Crippen molar-refractivity contribution in [1.82, 2.24) is 0 Å². The molecule has 0 saturated carbocycles. The van der Waals surface area contributed by atoms with Crippen molar-refractivity contribution in [2.75, 3.05) is 11.5 Å². The van der Waals surface area contributed by atoms with Gasteiger partial charge in [0.2, 0.25) is 0 Å². The smallest absolute Gasteiger partial charge is 0.133 e. The predicted molar refractivity (Wildman–Crippen MR) is 76.3 cm³/mol. The fourth-order valence-electron chi connectivity index (χ4n) is 1.79. The predicted octanol–water partition coefficient (Wildman–Crippen LogP) is 3.91. The van der Waals surface area contributed by atoms with Crippen LogP contribution in [-0.2, 0) is 0 Å². The van der Waals surface area contributed by atoms with Gasteiger partial charge in [0.25, 0.3) is 0 Å². The summed E-state index contributed by atoms with van der Waals surface area (Å²) < 4.78 is 5.84. The largest absolute Gasteiger partial charge is 0.457 e. The fourth-order valence-corrected chi connectivity index (χ4v) is 2.12. The Labute approximate surface area is 111 Å². The summed E-state index contributed by atoms with van der Waals surface area (Å²) in [5.41, 5.74) is 14.4. The van der Waals surface area contributed by atoms with Gasteiger partial charge in [0.05, 0.1) is 11.4 Å². The Kier molecular flexibility index (Phi) is 3.34. The number of anilines is 2. The number of nitrogen functional groups attached to an aromatic ring is 2. The molecule has 0 aliphatic rings. The van der Waals surface area contributed by atoms with Crippen molar-refractivity contribution in [2.45, 2.75) is 13.8 Å². The lowest BCUT2D eigenvalue weighted by Gasteiger charge is -2.13. The van der Waals surface area contributed by atoms with Gasteiger partial charge in [-0.25, -0.2) is 0 Å². The molecule has 0 aliphatic heterocycles. The topological polar surface area (TPSA) is 61.3 Å². The number of hydrogen-bond acceptors (Lipinski definition) is 3. The first-order valence-corrected chi connectivity index (χ1v) is 5.95. The zero-order chi connectivity index (χ0) is 13.3. The van der Waals surface area contributed by atoms with Crippen LogP contribution >= 0.6 is 11.6 Å². The molecule has 0 saturated heterocycles. The second-order valence-corrected chi connectivity index (χ2v) is 4.70. The third-order valence-electron chi connectivity index (χ3n) is 2.70. The molecule has 2 rings (SSSR count). The molecule has 94 valence electrons. The molecule has 2 aromatic carbocycles. The average molecular weight is 263 g/mol. The van der Waals surface area contributed by atoms with Crippen molar-refractivity contribution in [3.8, 4) is 11.5 Å². The lowest BCUT2D eigenvalue weighted by Crippen LogP contribution is -1.96. The van der Waals surface area contributed by atoms with Crippen molar-refractivity contribution in [3.63, 3.8) is 0 Å². The third-order valence-corrected chi connectivity index (χ3v) is 2.92. The summed E-state index contributed by atoms with van der Waals surface area (Å²) in [6, 6.07) is 8.96. The van der Waals surface area contributed by atoms with E-state index in [1.165, 1.54) is 0 Å². The summed E-state index contributed by atoms with van der Waals surface area (Å²) in [4.78, 5) is 0. The standard InChI is InChI=1S/C14H15ClN2O/c1-8-5-10(15)6-9(2)14(8)18-11-3-4-12(16)13(17)7-11/h3-7H,16-17H2,1-2H3. The zero-order valence-corrected chi connectivity index (χ0v) is 11.1. The first kappa shape index (κ1) is 12.6. The monoisotopic (exact) mass is 262 g/mol. The van der Waals surface area contributed by atoms with Gasteiger partial charge in [-0.15, -0.1) is 0 Å². The van der Waals surface area contributed by atoms with Crippen LogP contribution in [0.1, 0.15) is 11.1 Å². The molecule has 0 atom stereocenters. The quantitative estimate of drug-likeness (QED) is 0.807. The van der Waals surface area contributed by atoms with Gasteiger partial charge in [0, 0.05) is 11.1 Å². The Balaban J connectivity index is 2.37. The molecule has 0 radical (unpaired) electrons. The number of ether oxygens (including phenoxy) is 1. The van der Waals surface area contributed by atoms with Gasteiger partial charge in [0.1, 0.15) is 11.5 Å². The summed E-state index contributed by atoms with van der Waals surface area (Å²) in [5, 5.41) is 0.703. The SMILES string of the molecule is Cc1cc(Cl)cc(C)c1Oc1ccc(N)c(N)c1. The lowest BCUT2D eigenvalue weighted by atomic mass is 10.1. The second kappa shape index (κ2) is 4.78. The van der Waals surface area contributed by atoms with Crippen LogP contribution in [0.15, 0.2) is 30.3 Å². The Morgan fingerprint density at radius 1 is 0.944 bits per heavy atom. The van der Waals surface area contributed by atoms with Crippen LogP contribution in [0.25, 0.3) is 0 Å². The molecule has 0 bridgehead atoms. The highest BCUT2D eigenvalue weighted by atomic mass is 35.5. The Hall–Kier alpha value is -1.87. The van der Waals surface area contributed by atoms with E-state index in [9.17, 15) is 0 Å². The molecule has 0 aliphatic carbocycles. The molecule has 0 spiro atoms. The number of hydrogen-bond donors (Lipinski definition) is 2. The van der Waals surface area contributed by atoms with E-state index >= 15 is 0 Å². The highest BCUT2D eigenvalue weighted by Crippen LogP contribution is 2.32. The van der Waals surface area contributed by atoms with E-state index in [1.54, 1.807) is 18.2 Å². The average Bonchev–Trinajstić information content (AvgIpc) is 2.28. The van der Waals surface area contributed by atoms with Crippen LogP contribution in [0.5, 0.6) is 11.5 Å².